The number of likely N-dealkylation sites (tertiary alicyclic amines) is 1. The lowest BCUT2D eigenvalue weighted by atomic mass is 9.96. The third-order valence-corrected chi connectivity index (χ3v) is 4.37. The summed E-state index contributed by atoms with van der Waals surface area (Å²) < 4.78 is 22.1. The maximum Gasteiger partial charge on any atom is 0.210 e. The summed E-state index contributed by atoms with van der Waals surface area (Å²) in [7, 11) is -3.35. The van der Waals surface area contributed by atoms with E-state index in [1.165, 1.54) is 6.42 Å². The van der Waals surface area contributed by atoms with Gasteiger partial charge in [0.15, 0.2) is 0 Å². The summed E-state index contributed by atoms with van der Waals surface area (Å²) in [6.45, 7) is 6.90. The van der Waals surface area contributed by atoms with Crippen molar-refractivity contribution in [1.29, 1.82) is 0 Å². The standard InChI is InChI=1S/C12H27N3O2S/c1-3-7-14-11(2)12-6-4-5-8-15(12)9-10-18(13,16)17/h11-12,14H,3-10H2,1-2H3,(H2,13,16,17). The Hall–Kier alpha value is -0.170. The van der Waals surface area contributed by atoms with Gasteiger partial charge < -0.3 is 5.32 Å². The van der Waals surface area contributed by atoms with Crippen LogP contribution in [0, 0.1) is 0 Å². The van der Waals surface area contributed by atoms with Crippen LogP contribution >= 0.6 is 0 Å². The number of rotatable bonds is 7. The monoisotopic (exact) mass is 277 g/mol. The van der Waals surface area contributed by atoms with Crippen molar-refractivity contribution in [3.05, 3.63) is 0 Å². The Morgan fingerprint density at radius 1 is 1.44 bits per heavy atom. The highest BCUT2D eigenvalue weighted by Crippen LogP contribution is 2.19. The second-order valence-electron chi connectivity index (χ2n) is 5.21. The SMILES string of the molecule is CCCNC(C)C1CCCCN1CCS(N)(=O)=O. The second-order valence-corrected chi connectivity index (χ2v) is 6.94. The minimum Gasteiger partial charge on any atom is -0.313 e. The first-order valence-corrected chi connectivity index (χ1v) is 8.63. The maximum atomic E-state index is 11.1. The van der Waals surface area contributed by atoms with Crippen molar-refractivity contribution in [2.45, 2.75) is 51.6 Å². The van der Waals surface area contributed by atoms with Crippen molar-refractivity contribution in [2.75, 3.05) is 25.4 Å². The van der Waals surface area contributed by atoms with Gasteiger partial charge in [-0.1, -0.05) is 13.3 Å². The Morgan fingerprint density at radius 3 is 2.78 bits per heavy atom. The maximum absolute atomic E-state index is 11.1. The average Bonchev–Trinajstić information content (AvgIpc) is 2.33. The van der Waals surface area contributed by atoms with Crippen LogP contribution in [0.15, 0.2) is 0 Å². The predicted octanol–water partition coefficient (Wildman–Crippen LogP) is 0.518. The molecule has 0 amide bonds. The molecule has 0 aliphatic carbocycles. The molecule has 18 heavy (non-hydrogen) atoms. The molecule has 6 heteroatoms. The molecule has 1 saturated heterocycles. The van der Waals surface area contributed by atoms with Crippen LogP contribution in [0.3, 0.4) is 0 Å². The van der Waals surface area contributed by atoms with Crippen LogP contribution in [0.4, 0.5) is 0 Å². The summed E-state index contributed by atoms with van der Waals surface area (Å²) in [4.78, 5) is 2.28. The van der Waals surface area contributed by atoms with E-state index in [0.717, 1.165) is 32.4 Å². The van der Waals surface area contributed by atoms with E-state index in [1.54, 1.807) is 0 Å². The van der Waals surface area contributed by atoms with Crippen molar-refractivity contribution in [3.63, 3.8) is 0 Å². The summed E-state index contributed by atoms with van der Waals surface area (Å²) in [6, 6.07) is 0.845. The average molecular weight is 277 g/mol. The molecule has 1 heterocycles. The Bertz CT molecular complexity index is 332. The van der Waals surface area contributed by atoms with E-state index >= 15 is 0 Å². The van der Waals surface area contributed by atoms with Crippen LogP contribution in [0.2, 0.25) is 0 Å². The van der Waals surface area contributed by atoms with Crippen LogP contribution < -0.4 is 10.5 Å². The van der Waals surface area contributed by atoms with E-state index < -0.39 is 10.0 Å². The Balaban J connectivity index is 2.50. The molecule has 3 N–H and O–H groups in total. The number of sulfonamides is 1. The zero-order valence-corrected chi connectivity index (χ0v) is 12.4. The third kappa shape index (κ3) is 5.65. The van der Waals surface area contributed by atoms with E-state index in [-0.39, 0.29) is 5.75 Å². The van der Waals surface area contributed by atoms with Gasteiger partial charge in [-0.3, -0.25) is 4.90 Å². The van der Waals surface area contributed by atoms with Gasteiger partial charge in [0.25, 0.3) is 0 Å². The van der Waals surface area contributed by atoms with Crippen LogP contribution in [0.1, 0.15) is 39.5 Å². The molecule has 2 atom stereocenters. The van der Waals surface area contributed by atoms with Crippen molar-refractivity contribution in [1.82, 2.24) is 10.2 Å². The van der Waals surface area contributed by atoms with E-state index in [4.69, 9.17) is 5.14 Å². The zero-order valence-electron chi connectivity index (χ0n) is 11.6. The molecule has 0 bridgehead atoms. The Kier molecular flexibility index (Phi) is 6.55. The van der Waals surface area contributed by atoms with Crippen molar-refractivity contribution >= 4 is 10.0 Å². The highest BCUT2D eigenvalue weighted by Gasteiger charge is 2.27. The molecule has 5 nitrogen and oxygen atoms in total. The first kappa shape index (κ1) is 15.9. The van der Waals surface area contributed by atoms with Gasteiger partial charge in [-0.05, 0) is 39.3 Å². The van der Waals surface area contributed by atoms with Crippen molar-refractivity contribution < 1.29 is 8.42 Å². The summed E-state index contributed by atoms with van der Waals surface area (Å²) in [5.74, 6) is 0.0595. The van der Waals surface area contributed by atoms with Crippen molar-refractivity contribution in [2.24, 2.45) is 5.14 Å². The summed E-state index contributed by atoms with van der Waals surface area (Å²) in [6.07, 6.45) is 4.65. The summed E-state index contributed by atoms with van der Waals surface area (Å²) in [5, 5.41) is 8.59. The molecule has 0 spiro atoms. The lowest BCUT2D eigenvalue weighted by Gasteiger charge is -2.39. The fourth-order valence-corrected chi connectivity index (χ4v) is 3.10. The van der Waals surface area contributed by atoms with Gasteiger partial charge in [-0.15, -0.1) is 0 Å². The number of primary sulfonamides is 1. The minimum atomic E-state index is -3.35. The normalized spacial score (nSPS) is 24.1. The second kappa shape index (κ2) is 7.43. The number of nitrogens with zero attached hydrogens (tertiary/aromatic N) is 1. The highest BCUT2D eigenvalue weighted by atomic mass is 32.2. The summed E-state index contributed by atoms with van der Waals surface area (Å²) >= 11 is 0. The quantitative estimate of drug-likeness (QED) is 0.711. The van der Waals surface area contributed by atoms with E-state index in [1.807, 2.05) is 0 Å². The van der Waals surface area contributed by atoms with Gasteiger partial charge >= 0.3 is 0 Å². The molecule has 1 rings (SSSR count). The van der Waals surface area contributed by atoms with Gasteiger partial charge in [0.1, 0.15) is 0 Å². The van der Waals surface area contributed by atoms with Gasteiger partial charge in [-0.25, -0.2) is 13.6 Å². The van der Waals surface area contributed by atoms with Gasteiger partial charge in [-0.2, -0.15) is 0 Å². The van der Waals surface area contributed by atoms with Gasteiger partial charge in [0.2, 0.25) is 10.0 Å². The lowest BCUT2D eigenvalue weighted by Crippen LogP contribution is -2.52. The molecule has 1 aliphatic heterocycles. The first-order valence-electron chi connectivity index (χ1n) is 6.92. The van der Waals surface area contributed by atoms with Crippen molar-refractivity contribution in [3.8, 4) is 0 Å². The largest absolute Gasteiger partial charge is 0.313 e. The molecule has 1 fully saturated rings. The smallest absolute Gasteiger partial charge is 0.210 e. The molecular formula is C12H27N3O2S. The number of piperidine rings is 1. The van der Waals surface area contributed by atoms with Gasteiger partial charge in [0, 0.05) is 18.6 Å². The summed E-state index contributed by atoms with van der Waals surface area (Å²) in [5.41, 5.74) is 0. The molecule has 0 saturated carbocycles. The predicted molar refractivity (Wildman–Crippen MR) is 74.9 cm³/mol. The Morgan fingerprint density at radius 2 is 2.17 bits per heavy atom. The molecule has 0 aromatic heterocycles. The number of hydrogen-bond acceptors (Lipinski definition) is 4. The topological polar surface area (TPSA) is 75.4 Å². The minimum absolute atomic E-state index is 0.0595. The third-order valence-electron chi connectivity index (χ3n) is 3.62. The van der Waals surface area contributed by atoms with Crippen LogP contribution in [0.5, 0.6) is 0 Å². The van der Waals surface area contributed by atoms with E-state index in [2.05, 4.69) is 24.1 Å². The fraction of sp³-hybridized carbons (Fsp3) is 1.00. The molecule has 1 aliphatic rings. The van der Waals surface area contributed by atoms with Crippen LogP contribution in [-0.2, 0) is 10.0 Å². The number of nitrogens with one attached hydrogen (secondary N) is 1. The fourth-order valence-electron chi connectivity index (χ4n) is 2.61. The van der Waals surface area contributed by atoms with E-state index in [9.17, 15) is 8.42 Å². The lowest BCUT2D eigenvalue weighted by molar-refractivity contribution is 0.127. The molecule has 2 unspecified atom stereocenters. The molecule has 0 radical (unpaired) electrons. The molecule has 0 aromatic carbocycles. The Labute approximate surface area is 111 Å². The molecular weight excluding hydrogens is 250 g/mol. The van der Waals surface area contributed by atoms with Crippen LogP contribution in [0.25, 0.3) is 0 Å². The van der Waals surface area contributed by atoms with Crippen LogP contribution in [-0.4, -0.2) is 50.8 Å². The number of nitrogens with two attached hydrogens (primary N) is 1. The first-order chi connectivity index (χ1) is 8.44. The molecule has 108 valence electrons. The number of hydrogen-bond donors (Lipinski definition) is 2. The zero-order chi connectivity index (χ0) is 13.6. The van der Waals surface area contributed by atoms with E-state index in [0.29, 0.717) is 18.6 Å². The van der Waals surface area contributed by atoms with Gasteiger partial charge in [0.05, 0.1) is 5.75 Å². The highest BCUT2D eigenvalue weighted by molar-refractivity contribution is 7.89. The molecule has 0 aromatic rings.